The number of aromatic nitrogens is 2. The van der Waals surface area contributed by atoms with Crippen LogP contribution in [0.15, 0.2) is 6.07 Å². The van der Waals surface area contributed by atoms with Gasteiger partial charge in [-0.1, -0.05) is 6.92 Å². The SMILES string of the molecule is CCc1cc(C(=O)N(C)CCC(=O)OC)n(C)n1. The first-order valence-electron chi connectivity index (χ1n) is 5.84. The molecule has 1 rings (SSSR count). The second-order valence-corrected chi connectivity index (χ2v) is 4.05. The molecule has 0 fully saturated rings. The van der Waals surface area contributed by atoms with Crippen molar-refractivity contribution >= 4 is 11.9 Å². The summed E-state index contributed by atoms with van der Waals surface area (Å²) in [5, 5.41) is 4.22. The fourth-order valence-electron chi connectivity index (χ4n) is 1.56. The molecular formula is C12H19N3O3. The summed E-state index contributed by atoms with van der Waals surface area (Å²) in [6.45, 7) is 2.32. The minimum atomic E-state index is -0.325. The molecule has 0 aliphatic heterocycles. The second kappa shape index (κ2) is 6.18. The summed E-state index contributed by atoms with van der Waals surface area (Å²) >= 11 is 0. The molecule has 0 aromatic carbocycles. The standard InChI is InChI=1S/C12H19N3O3/c1-5-9-8-10(15(3)13-9)12(17)14(2)7-6-11(16)18-4/h8H,5-7H2,1-4H3. The molecule has 0 aliphatic rings. The Kier molecular flexibility index (Phi) is 4.88. The van der Waals surface area contributed by atoms with Crippen LogP contribution in [0.2, 0.25) is 0 Å². The number of carbonyl (C=O) groups excluding carboxylic acids is 2. The van der Waals surface area contributed by atoms with Crippen molar-refractivity contribution in [2.24, 2.45) is 7.05 Å². The Morgan fingerprint density at radius 2 is 2.17 bits per heavy atom. The number of methoxy groups -OCH3 is 1. The molecule has 0 atom stereocenters. The quantitative estimate of drug-likeness (QED) is 0.721. The topological polar surface area (TPSA) is 64.4 Å². The molecule has 1 heterocycles. The molecule has 0 N–H and O–H groups in total. The number of hydrogen-bond donors (Lipinski definition) is 0. The molecule has 100 valence electrons. The van der Waals surface area contributed by atoms with Crippen LogP contribution in [-0.2, 0) is 23.0 Å². The highest BCUT2D eigenvalue weighted by atomic mass is 16.5. The lowest BCUT2D eigenvalue weighted by Crippen LogP contribution is -2.30. The van der Waals surface area contributed by atoms with Crippen molar-refractivity contribution in [3.05, 3.63) is 17.5 Å². The molecule has 6 heteroatoms. The molecule has 0 aliphatic carbocycles. The lowest BCUT2D eigenvalue weighted by molar-refractivity contribution is -0.140. The van der Waals surface area contributed by atoms with Crippen molar-refractivity contribution in [3.8, 4) is 0 Å². The van der Waals surface area contributed by atoms with E-state index in [1.165, 1.54) is 12.0 Å². The Morgan fingerprint density at radius 1 is 1.50 bits per heavy atom. The fraction of sp³-hybridized carbons (Fsp3) is 0.583. The lowest BCUT2D eigenvalue weighted by atomic mass is 10.3. The third-order valence-corrected chi connectivity index (χ3v) is 2.74. The molecule has 6 nitrogen and oxygen atoms in total. The maximum Gasteiger partial charge on any atom is 0.307 e. The van der Waals surface area contributed by atoms with Crippen LogP contribution in [0.4, 0.5) is 0 Å². The molecule has 0 radical (unpaired) electrons. The van der Waals surface area contributed by atoms with Gasteiger partial charge in [-0.25, -0.2) is 0 Å². The van der Waals surface area contributed by atoms with Crippen molar-refractivity contribution in [2.75, 3.05) is 20.7 Å². The van der Waals surface area contributed by atoms with Crippen molar-refractivity contribution in [1.82, 2.24) is 14.7 Å². The largest absolute Gasteiger partial charge is 0.469 e. The van der Waals surface area contributed by atoms with Crippen molar-refractivity contribution in [1.29, 1.82) is 0 Å². The predicted molar refractivity (Wildman–Crippen MR) is 66.2 cm³/mol. The van der Waals surface area contributed by atoms with Gasteiger partial charge in [0.05, 0.1) is 19.2 Å². The average Bonchev–Trinajstić information content (AvgIpc) is 2.75. The van der Waals surface area contributed by atoms with Crippen LogP contribution in [-0.4, -0.2) is 47.3 Å². The zero-order valence-corrected chi connectivity index (χ0v) is 11.3. The first-order valence-corrected chi connectivity index (χ1v) is 5.84. The van der Waals surface area contributed by atoms with Crippen LogP contribution in [0.3, 0.4) is 0 Å². The Balaban J connectivity index is 2.68. The van der Waals surface area contributed by atoms with Crippen LogP contribution >= 0.6 is 0 Å². The molecule has 0 unspecified atom stereocenters. The van der Waals surface area contributed by atoms with Crippen molar-refractivity contribution < 1.29 is 14.3 Å². The maximum atomic E-state index is 12.1. The van der Waals surface area contributed by atoms with Gasteiger partial charge < -0.3 is 9.64 Å². The van der Waals surface area contributed by atoms with Crippen molar-refractivity contribution in [2.45, 2.75) is 19.8 Å². The minimum Gasteiger partial charge on any atom is -0.469 e. The zero-order valence-electron chi connectivity index (χ0n) is 11.3. The van der Waals surface area contributed by atoms with Crippen LogP contribution in [0.1, 0.15) is 29.5 Å². The third kappa shape index (κ3) is 3.32. The monoisotopic (exact) mass is 253 g/mol. The minimum absolute atomic E-state index is 0.145. The highest BCUT2D eigenvalue weighted by Crippen LogP contribution is 2.07. The van der Waals surface area contributed by atoms with Crippen LogP contribution < -0.4 is 0 Å². The third-order valence-electron chi connectivity index (χ3n) is 2.74. The highest BCUT2D eigenvalue weighted by molar-refractivity contribution is 5.92. The first-order chi connectivity index (χ1) is 8.49. The van der Waals surface area contributed by atoms with Gasteiger partial charge in [0.15, 0.2) is 0 Å². The Labute approximate surface area is 107 Å². The van der Waals surface area contributed by atoms with Gasteiger partial charge in [-0.05, 0) is 12.5 Å². The lowest BCUT2D eigenvalue weighted by Gasteiger charge is -2.16. The molecule has 0 saturated heterocycles. The van der Waals surface area contributed by atoms with E-state index < -0.39 is 0 Å². The van der Waals surface area contributed by atoms with Gasteiger partial charge in [-0.15, -0.1) is 0 Å². The van der Waals surface area contributed by atoms with Gasteiger partial charge in [-0.3, -0.25) is 14.3 Å². The number of carbonyl (C=O) groups is 2. The second-order valence-electron chi connectivity index (χ2n) is 4.05. The fourth-order valence-corrected chi connectivity index (χ4v) is 1.56. The molecule has 1 aromatic heterocycles. The molecule has 1 amide bonds. The predicted octanol–water partition coefficient (Wildman–Crippen LogP) is 0.618. The number of nitrogens with zero attached hydrogens (tertiary/aromatic N) is 3. The number of amides is 1. The van der Waals surface area contributed by atoms with Gasteiger partial charge in [-0.2, -0.15) is 5.10 Å². The summed E-state index contributed by atoms with van der Waals surface area (Å²) in [5.41, 5.74) is 1.40. The summed E-state index contributed by atoms with van der Waals surface area (Å²) in [6.07, 6.45) is 0.976. The molecule has 0 saturated carbocycles. The van der Waals surface area contributed by atoms with E-state index in [-0.39, 0.29) is 18.3 Å². The van der Waals surface area contributed by atoms with Crippen LogP contribution in [0, 0.1) is 0 Å². The van der Waals surface area contributed by atoms with Gasteiger partial charge in [0, 0.05) is 20.6 Å². The number of aryl methyl sites for hydroxylation is 2. The van der Waals surface area contributed by atoms with E-state index in [4.69, 9.17) is 0 Å². The molecule has 18 heavy (non-hydrogen) atoms. The van der Waals surface area contributed by atoms with E-state index in [9.17, 15) is 9.59 Å². The van der Waals surface area contributed by atoms with Crippen LogP contribution in [0.5, 0.6) is 0 Å². The van der Waals surface area contributed by atoms with E-state index in [2.05, 4.69) is 9.84 Å². The maximum absolute atomic E-state index is 12.1. The number of hydrogen-bond acceptors (Lipinski definition) is 4. The van der Waals surface area contributed by atoms with Crippen LogP contribution in [0.25, 0.3) is 0 Å². The van der Waals surface area contributed by atoms with E-state index in [1.807, 2.05) is 6.92 Å². The summed E-state index contributed by atoms with van der Waals surface area (Å²) < 4.78 is 6.10. The summed E-state index contributed by atoms with van der Waals surface area (Å²) in [4.78, 5) is 24.6. The Morgan fingerprint density at radius 3 is 2.67 bits per heavy atom. The first kappa shape index (κ1) is 14.2. The van der Waals surface area contributed by atoms with Gasteiger partial charge >= 0.3 is 5.97 Å². The summed E-state index contributed by atoms with van der Waals surface area (Å²) in [7, 11) is 4.73. The normalized spacial score (nSPS) is 10.2. The highest BCUT2D eigenvalue weighted by Gasteiger charge is 2.17. The van der Waals surface area contributed by atoms with E-state index >= 15 is 0 Å². The molecular weight excluding hydrogens is 234 g/mol. The van der Waals surface area contributed by atoms with E-state index in [0.717, 1.165) is 12.1 Å². The van der Waals surface area contributed by atoms with Gasteiger partial charge in [0.2, 0.25) is 0 Å². The van der Waals surface area contributed by atoms with Gasteiger partial charge in [0.25, 0.3) is 5.91 Å². The summed E-state index contributed by atoms with van der Waals surface area (Å²) in [6, 6.07) is 1.77. The molecule has 0 bridgehead atoms. The van der Waals surface area contributed by atoms with Crippen molar-refractivity contribution in [3.63, 3.8) is 0 Å². The number of ether oxygens (including phenoxy) is 1. The number of rotatable bonds is 5. The Bertz CT molecular complexity index is 440. The zero-order chi connectivity index (χ0) is 13.7. The Hall–Kier alpha value is -1.85. The van der Waals surface area contributed by atoms with Gasteiger partial charge in [0.1, 0.15) is 5.69 Å². The smallest absolute Gasteiger partial charge is 0.307 e. The average molecular weight is 253 g/mol. The number of esters is 1. The van der Waals surface area contributed by atoms with E-state index in [1.54, 1.807) is 24.8 Å². The van der Waals surface area contributed by atoms with E-state index in [0.29, 0.717) is 12.2 Å². The molecule has 1 aromatic rings. The molecule has 0 spiro atoms. The summed E-state index contributed by atoms with van der Waals surface area (Å²) in [5.74, 6) is -0.470.